The molecule has 1 N–H and O–H groups in total. The minimum Gasteiger partial charge on any atom is -0.486 e. The highest BCUT2D eigenvalue weighted by Crippen LogP contribution is 2.39. The van der Waals surface area contributed by atoms with Crippen molar-refractivity contribution in [1.29, 1.82) is 0 Å². The maximum absolute atomic E-state index is 14.5. The lowest BCUT2D eigenvalue weighted by atomic mass is 9.94. The number of benzene rings is 2. The van der Waals surface area contributed by atoms with Gasteiger partial charge in [-0.25, -0.2) is 13.6 Å². The van der Waals surface area contributed by atoms with Crippen molar-refractivity contribution in [3.05, 3.63) is 64.9 Å². The second-order valence-electron chi connectivity index (χ2n) is 6.67. The maximum atomic E-state index is 14.5. The predicted molar refractivity (Wildman–Crippen MR) is 109 cm³/mol. The first-order valence-corrected chi connectivity index (χ1v) is 9.56. The molecule has 0 aromatic heterocycles. The molecule has 0 fully saturated rings. The van der Waals surface area contributed by atoms with Gasteiger partial charge in [-0.2, -0.15) is 0 Å². The minimum absolute atomic E-state index is 0.0463. The van der Waals surface area contributed by atoms with Gasteiger partial charge in [-0.15, -0.1) is 0 Å². The van der Waals surface area contributed by atoms with E-state index >= 15 is 0 Å². The molecule has 0 amide bonds. The molecule has 2 aromatic rings. The quantitative estimate of drug-likeness (QED) is 0.587. The third-order valence-electron chi connectivity index (χ3n) is 4.96. The molecule has 0 saturated heterocycles. The molecule has 1 atom stereocenters. The van der Waals surface area contributed by atoms with Crippen molar-refractivity contribution in [2.75, 3.05) is 25.2 Å². The van der Waals surface area contributed by atoms with Crippen molar-refractivity contribution in [3.63, 3.8) is 0 Å². The highest BCUT2D eigenvalue weighted by Gasteiger charge is 2.38. The number of hydrogen-bond donors (Lipinski definition) is 1. The van der Waals surface area contributed by atoms with Crippen LogP contribution in [0.4, 0.5) is 14.5 Å². The predicted octanol–water partition coefficient (Wildman–Crippen LogP) is 3.62. The summed E-state index contributed by atoms with van der Waals surface area (Å²) in [6.07, 6.45) is 0. The highest BCUT2D eigenvalue weighted by molar-refractivity contribution is 7.80. The standard InChI is InChI=1S/C21H18F2N2O4S/c1-11-17(20(26)27-2)19(18-13(22)4-3-5-14(18)23)24-21(30)25(11)12-6-7-15-16(10-12)29-9-8-28-15/h3-7,10,19H,8-9H2,1-2H3,(H,24,30)/t19-/m0/s1. The molecule has 9 heteroatoms. The summed E-state index contributed by atoms with van der Waals surface area (Å²) in [4.78, 5) is 14.2. The number of allylic oxidation sites excluding steroid dienone is 1. The number of esters is 1. The van der Waals surface area contributed by atoms with Crippen LogP contribution in [-0.4, -0.2) is 31.4 Å². The molecule has 0 bridgehead atoms. The van der Waals surface area contributed by atoms with E-state index in [-0.39, 0.29) is 16.2 Å². The second kappa shape index (κ2) is 7.91. The number of nitrogens with zero attached hydrogens (tertiary/aromatic N) is 1. The Morgan fingerprint density at radius 1 is 1.17 bits per heavy atom. The average Bonchev–Trinajstić information content (AvgIpc) is 2.73. The second-order valence-corrected chi connectivity index (χ2v) is 7.06. The summed E-state index contributed by atoms with van der Waals surface area (Å²) < 4.78 is 45.1. The Bertz CT molecular complexity index is 1050. The molecule has 30 heavy (non-hydrogen) atoms. The smallest absolute Gasteiger partial charge is 0.337 e. The van der Waals surface area contributed by atoms with E-state index in [1.54, 1.807) is 30.0 Å². The van der Waals surface area contributed by atoms with Gasteiger partial charge in [-0.05, 0) is 43.4 Å². The number of carbonyl (C=O) groups is 1. The van der Waals surface area contributed by atoms with Crippen LogP contribution in [0.2, 0.25) is 0 Å². The van der Waals surface area contributed by atoms with Crippen LogP contribution >= 0.6 is 12.2 Å². The van der Waals surface area contributed by atoms with Crippen molar-refractivity contribution >= 4 is 29.0 Å². The van der Waals surface area contributed by atoms with Crippen LogP contribution in [0.15, 0.2) is 47.7 Å². The van der Waals surface area contributed by atoms with Crippen LogP contribution in [-0.2, 0) is 9.53 Å². The average molecular weight is 432 g/mol. The molecular formula is C21H18F2N2O4S. The molecule has 156 valence electrons. The normalized spacial score (nSPS) is 18.2. The van der Waals surface area contributed by atoms with Gasteiger partial charge in [-0.1, -0.05) is 6.07 Å². The van der Waals surface area contributed by atoms with Crippen LogP contribution < -0.4 is 19.7 Å². The van der Waals surface area contributed by atoms with Crippen LogP contribution in [0.5, 0.6) is 11.5 Å². The molecule has 2 aromatic carbocycles. The van der Waals surface area contributed by atoms with Gasteiger partial charge in [0.1, 0.15) is 24.8 Å². The van der Waals surface area contributed by atoms with E-state index in [0.29, 0.717) is 36.1 Å². The maximum Gasteiger partial charge on any atom is 0.337 e. The Balaban J connectivity index is 1.85. The molecule has 2 aliphatic rings. The Morgan fingerprint density at radius 2 is 1.83 bits per heavy atom. The van der Waals surface area contributed by atoms with Crippen LogP contribution in [0.3, 0.4) is 0 Å². The van der Waals surface area contributed by atoms with Crippen LogP contribution in [0, 0.1) is 11.6 Å². The summed E-state index contributed by atoms with van der Waals surface area (Å²) in [5, 5.41) is 3.06. The lowest BCUT2D eigenvalue weighted by Gasteiger charge is -2.37. The van der Waals surface area contributed by atoms with E-state index in [4.69, 9.17) is 26.4 Å². The summed E-state index contributed by atoms with van der Waals surface area (Å²) in [5.74, 6) is -1.18. The number of nitrogens with one attached hydrogen (secondary N) is 1. The van der Waals surface area contributed by atoms with Gasteiger partial charge in [0.25, 0.3) is 0 Å². The van der Waals surface area contributed by atoms with E-state index < -0.39 is 23.6 Å². The third-order valence-corrected chi connectivity index (χ3v) is 5.26. The number of hydrogen-bond acceptors (Lipinski definition) is 5. The zero-order chi connectivity index (χ0) is 21.4. The Morgan fingerprint density at radius 3 is 2.50 bits per heavy atom. The van der Waals surface area contributed by atoms with Gasteiger partial charge in [0.2, 0.25) is 0 Å². The summed E-state index contributed by atoms with van der Waals surface area (Å²) in [6.45, 7) is 2.51. The SMILES string of the molecule is COC(=O)C1=C(C)N(c2ccc3c(c2)OCCO3)C(=S)N[C@@H]1c1c(F)cccc1F. The van der Waals surface area contributed by atoms with Crippen molar-refractivity contribution in [2.24, 2.45) is 0 Å². The molecule has 0 spiro atoms. The molecule has 0 radical (unpaired) electrons. The fourth-order valence-corrected chi connectivity index (χ4v) is 3.96. The number of methoxy groups -OCH3 is 1. The number of anilines is 1. The summed E-state index contributed by atoms with van der Waals surface area (Å²) in [5.41, 5.74) is 0.726. The topological polar surface area (TPSA) is 60.0 Å². The van der Waals surface area contributed by atoms with Gasteiger partial charge in [0.05, 0.1) is 30.0 Å². The van der Waals surface area contributed by atoms with Crippen molar-refractivity contribution in [3.8, 4) is 11.5 Å². The first-order chi connectivity index (χ1) is 14.4. The van der Waals surface area contributed by atoms with Crippen LogP contribution in [0.1, 0.15) is 18.5 Å². The molecule has 0 saturated carbocycles. The fourth-order valence-electron chi connectivity index (χ4n) is 3.60. The summed E-state index contributed by atoms with van der Waals surface area (Å²) >= 11 is 5.49. The first-order valence-electron chi connectivity index (χ1n) is 9.15. The van der Waals surface area contributed by atoms with Crippen molar-refractivity contribution in [2.45, 2.75) is 13.0 Å². The number of rotatable bonds is 3. The molecule has 6 nitrogen and oxygen atoms in total. The van der Waals surface area contributed by atoms with Gasteiger partial charge >= 0.3 is 5.97 Å². The van der Waals surface area contributed by atoms with Crippen molar-refractivity contribution in [1.82, 2.24) is 5.32 Å². The number of ether oxygens (including phenoxy) is 3. The zero-order valence-corrected chi connectivity index (χ0v) is 17.0. The number of fused-ring (bicyclic) bond motifs is 1. The number of thiocarbonyl (C=S) groups is 1. The van der Waals surface area contributed by atoms with Gasteiger partial charge in [0.15, 0.2) is 16.6 Å². The van der Waals surface area contributed by atoms with E-state index in [0.717, 1.165) is 12.1 Å². The van der Waals surface area contributed by atoms with E-state index in [1.807, 2.05) is 0 Å². The zero-order valence-electron chi connectivity index (χ0n) is 16.2. The first kappa shape index (κ1) is 20.1. The van der Waals surface area contributed by atoms with E-state index in [9.17, 15) is 13.6 Å². The van der Waals surface area contributed by atoms with Gasteiger partial charge in [0, 0.05) is 11.8 Å². The lowest BCUT2D eigenvalue weighted by molar-refractivity contribution is -0.136. The van der Waals surface area contributed by atoms with Crippen molar-refractivity contribution < 1.29 is 27.8 Å². The summed E-state index contributed by atoms with van der Waals surface area (Å²) in [6, 6.07) is 7.58. The van der Waals surface area contributed by atoms with E-state index in [2.05, 4.69) is 5.32 Å². The molecule has 0 aliphatic carbocycles. The van der Waals surface area contributed by atoms with E-state index in [1.165, 1.54) is 13.2 Å². The molecule has 4 rings (SSSR count). The highest BCUT2D eigenvalue weighted by atomic mass is 32.1. The molecular weight excluding hydrogens is 414 g/mol. The fraction of sp³-hybridized carbons (Fsp3) is 0.238. The third kappa shape index (κ3) is 3.35. The lowest BCUT2D eigenvalue weighted by Crippen LogP contribution is -2.48. The summed E-state index contributed by atoms with van der Waals surface area (Å²) in [7, 11) is 1.21. The Kier molecular flexibility index (Phi) is 5.29. The molecule has 2 aliphatic heterocycles. The largest absolute Gasteiger partial charge is 0.486 e. The molecule has 2 heterocycles. The van der Waals surface area contributed by atoms with Gasteiger partial charge in [-0.3, -0.25) is 4.90 Å². The van der Waals surface area contributed by atoms with Gasteiger partial charge < -0.3 is 19.5 Å². The number of halogens is 2. The minimum atomic E-state index is -1.14. The molecule has 0 unspecified atom stereocenters. The monoisotopic (exact) mass is 432 g/mol. The number of carbonyl (C=O) groups excluding carboxylic acids is 1. The Hall–Kier alpha value is -3.20. The Labute approximate surface area is 177 Å². The van der Waals surface area contributed by atoms with Crippen LogP contribution in [0.25, 0.3) is 0 Å².